The summed E-state index contributed by atoms with van der Waals surface area (Å²) in [5, 5.41) is 10.5. The molecule has 1 heterocycles. The van der Waals surface area contributed by atoms with Crippen LogP contribution in [0.25, 0.3) is 32.7 Å². The Kier molecular flexibility index (Phi) is 6.71. The van der Waals surface area contributed by atoms with Gasteiger partial charge in [0.15, 0.2) is 21.7 Å². The third-order valence-electron chi connectivity index (χ3n) is 5.39. The summed E-state index contributed by atoms with van der Waals surface area (Å²) in [5.41, 5.74) is 1.28. The molecule has 0 atom stereocenters. The van der Waals surface area contributed by atoms with Crippen molar-refractivity contribution in [2.45, 2.75) is 17.9 Å². The van der Waals surface area contributed by atoms with Gasteiger partial charge in [0.05, 0.1) is 6.07 Å². The molecule has 0 saturated heterocycles. The second-order valence-electron chi connectivity index (χ2n) is 7.74. The molecule has 0 radical (unpaired) electrons. The highest BCUT2D eigenvalue weighted by Gasteiger charge is 2.23. The monoisotopic (exact) mass is 498 g/mol. The van der Waals surface area contributed by atoms with Gasteiger partial charge in [0, 0.05) is 36.1 Å². The molecule has 0 saturated carbocycles. The Labute approximate surface area is 201 Å². The van der Waals surface area contributed by atoms with E-state index in [1.54, 1.807) is 12.1 Å². The van der Waals surface area contributed by atoms with E-state index in [2.05, 4.69) is 11.1 Å². The number of benzene rings is 3. The van der Waals surface area contributed by atoms with Crippen molar-refractivity contribution >= 4 is 43.0 Å². The first-order valence-electron chi connectivity index (χ1n) is 10.3. The fraction of sp³-hybridized carbons (Fsp3) is 0.200. The first kappa shape index (κ1) is 23.9. The number of pyridine rings is 1. The molecule has 0 N–H and O–H groups in total. The maximum Gasteiger partial charge on any atom is 0.193 e. The third kappa shape index (κ3) is 4.55. The van der Waals surface area contributed by atoms with Crippen LogP contribution >= 0.6 is 11.6 Å². The molecule has 0 bridgehead atoms. The van der Waals surface area contributed by atoms with Crippen LogP contribution in [0.2, 0.25) is 5.15 Å². The second kappa shape index (κ2) is 9.55. The van der Waals surface area contributed by atoms with Gasteiger partial charge in [-0.05, 0) is 52.6 Å². The zero-order valence-electron chi connectivity index (χ0n) is 18.4. The number of halogens is 2. The molecule has 0 unspecified atom stereocenters. The minimum atomic E-state index is -3.80. The first-order chi connectivity index (χ1) is 16.2. The summed E-state index contributed by atoms with van der Waals surface area (Å²) < 4.78 is 51.7. The summed E-state index contributed by atoms with van der Waals surface area (Å²) in [6.07, 6.45) is 1.32. The van der Waals surface area contributed by atoms with Crippen molar-refractivity contribution in [2.75, 3.05) is 20.2 Å². The van der Waals surface area contributed by atoms with E-state index < -0.39 is 15.7 Å². The number of fused-ring (bicyclic) bond motifs is 2. The fourth-order valence-corrected chi connectivity index (χ4v) is 5.08. The van der Waals surface area contributed by atoms with Crippen molar-refractivity contribution in [1.82, 2.24) is 4.98 Å². The molecule has 3 aromatic carbocycles. The van der Waals surface area contributed by atoms with Crippen LogP contribution in [0.4, 0.5) is 4.39 Å². The largest absolute Gasteiger partial charge is 0.468 e. The van der Waals surface area contributed by atoms with Gasteiger partial charge in [0.25, 0.3) is 0 Å². The van der Waals surface area contributed by atoms with Gasteiger partial charge in [-0.3, -0.25) is 0 Å². The molecule has 0 aliphatic heterocycles. The lowest BCUT2D eigenvalue weighted by Gasteiger charge is -2.18. The van der Waals surface area contributed by atoms with Crippen molar-refractivity contribution in [1.29, 1.82) is 5.26 Å². The predicted octanol–water partition coefficient (Wildman–Crippen LogP) is 5.69. The van der Waals surface area contributed by atoms with E-state index in [1.165, 1.54) is 13.2 Å². The van der Waals surface area contributed by atoms with Crippen molar-refractivity contribution in [3.05, 3.63) is 65.1 Å². The topological polar surface area (TPSA) is 89.3 Å². The van der Waals surface area contributed by atoms with E-state index in [-0.39, 0.29) is 46.1 Å². The highest BCUT2D eigenvalue weighted by molar-refractivity contribution is 7.90. The van der Waals surface area contributed by atoms with Gasteiger partial charge in [0.2, 0.25) is 0 Å². The predicted molar refractivity (Wildman–Crippen MR) is 129 cm³/mol. The third-order valence-corrected chi connectivity index (χ3v) is 6.60. The second-order valence-corrected chi connectivity index (χ2v) is 10.1. The standard InChI is InChI=1S/C25H20ClFN2O4S/c1-32-14-33-17-10-15-6-3-4-8-18(15)19(12-17)23-16(7-5-9-28)11-21-20(24(23)27)13-22(26)29-25(21)34(2,30)31/h3-4,6,8,10-13H,5,7,14H2,1-2H3. The van der Waals surface area contributed by atoms with E-state index >= 15 is 4.39 Å². The SMILES string of the molecule is COCOc1cc(-c2c(CCC#N)cc3c(S(C)(=O)=O)nc(Cl)cc3c2F)c2ccccc2c1. The van der Waals surface area contributed by atoms with Gasteiger partial charge in [-0.2, -0.15) is 5.26 Å². The number of hydrogen-bond acceptors (Lipinski definition) is 6. The summed E-state index contributed by atoms with van der Waals surface area (Å²) in [7, 11) is -2.29. The lowest BCUT2D eigenvalue weighted by Crippen LogP contribution is -2.05. The van der Waals surface area contributed by atoms with E-state index in [1.807, 2.05) is 30.3 Å². The Morgan fingerprint density at radius 1 is 1.12 bits per heavy atom. The highest BCUT2D eigenvalue weighted by Crippen LogP contribution is 2.41. The minimum absolute atomic E-state index is 0.0122. The van der Waals surface area contributed by atoms with Crippen LogP contribution in [-0.2, 0) is 21.0 Å². The molecule has 6 nitrogen and oxygen atoms in total. The maximum atomic E-state index is 16.3. The number of sulfone groups is 1. The van der Waals surface area contributed by atoms with Crippen LogP contribution in [0.3, 0.4) is 0 Å². The summed E-state index contributed by atoms with van der Waals surface area (Å²) in [6, 6.07) is 16.0. The molecular formula is C25H20ClFN2O4S. The van der Waals surface area contributed by atoms with Gasteiger partial charge in [-0.1, -0.05) is 35.9 Å². The first-order valence-corrected chi connectivity index (χ1v) is 12.5. The van der Waals surface area contributed by atoms with Crippen LogP contribution in [0, 0.1) is 17.1 Å². The van der Waals surface area contributed by atoms with Gasteiger partial charge in [0.1, 0.15) is 16.7 Å². The maximum absolute atomic E-state index is 16.3. The van der Waals surface area contributed by atoms with Crippen molar-refractivity contribution in [2.24, 2.45) is 0 Å². The molecule has 4 rings (SSSR count). The molecule has 4 aromatic rings. The van der Waals surface area contributed by atoms with Gasteiger partial charge < -0.3 is 9.47 Å². The van der Waals surface area contributed by atoms with E-state index in [0.717, 1.165) is 17.0 Å². The molecule has 0 fully saturated rings. The average molecular weight is 499 g/mol. The molecule has 0 amide bonds. The smallest absolute Gasteiger partial charge is 0.193 e. The van der Waals surface area contributed by atoms with Gasteiger partial charge in [-0.25, -0.2) is 17.8 Å². The lowest BCUT2D eigenvalue weighted by molar-refractivity contribution is 0.0512. The lowest BCUT2D eigenvalue weighted by atomic mass is 9.90. The Bertz CT molecular complexity index is 1570. The average Bonchev–Trinajstić information content (AvgIpc) is 2.80. The number of nitrogens with zero attached hydrogens (tertiary/aromatic N) is 2. The molecule has 0 spiro atoms. The number of nitriles is 1. The van der Waals surface area contributed by atoms with Crippen LogP contribution < -0.4 is 4.74 Å². The molecular weight excluding hydrogens is 479 g/mol. The van der Waals surface area contributed by atoms with Crippen LogP contribution in [0.15, 0.2) is 53.6 Å². The van der Waals surface area contributed by atoms with Crippen LogP contribution in [0.1, 0.15) is 12.0 Å². The molecule has 9 heteroatoms. The molecule has 0 aliphatic carbocycles. The normalized spacial score (nSPS) is 11.6. The van der Waals surface area contributed by atoms with Crippen molar-refractivity contribution < 1.29 is 22.3 Å². The Morgan fingerprint density at radius 2 is 1.88 bits per heavy atom. The number of methoxy groups -OCH3 is 1. The number of rotatable bonds is 7. The van der Waals surface area contributed by atoms with E-state index in [4.69, 9.17) is 21.1 Å². The Balaban J connectivity index is 2.13. The zero-order valence-corrected chi connectivity index (χ0v) is 20.0. The number of ether oxygens (including phenoxy) is 2. The molecule has 0 aliphatic rings. The number of hydrogen-bond donors (Lipinski definition) is 0. The van der Waals surface area contributed by atoms with E-state index in [0.29, 0.717) is 16.9 Å². The number of aryl methyl sites for hydroxylation is 1. The molecule has 1 aromatic heterocycles. The fourth-order valence-electron chi connectivity index (χ4n) is 4.01. The van der Waals surface area contributed by atoms with Crippen molar-refractivity contribution in [3.63, 3.8) is 0 Å². The Hall–Kier alpha value is -3.25. The van der Waals surface area contributed by atoms with Crippen LogP contribution in [-0.4, -0.2) is 33.6 Å². The van der Waals surface area contributed by atoms with Gasteiger partial charge >= 0.3 is 0 Å². The zero-order chi connectivity index (χ0) is 24.5. The summed E-state index contributed by atoms with van der Waals surface area (Å²) >= 11 is 6.08. The molecule has 34 heavy (non-hydrogen) atoms. The van der Waals surface area contributed by atoms with Crippen LogP contribution in [0.5, 0.6) is 5.75 Å². The summed E-state index contributed by atoms with van der Waals surface area (Å²) in [4.78, 5) is 3.95. The number of aromatic nitrogens is 1. The minimum Gasteiger partial charge on any atom is -0.468 e. The van der Waals surface area contributed by atoms with Crippen molar-refractivity contribution in [3.8, 4) is 22.9 Å². The van der Waals surface area contributed by atoms with E-state index in [9.17, 15) is 13.7 Å². The summed E-state index contributed by atoms with van der Waals surface area (Å²) in [5.74, 6) is -0.167. The molecule has 174 valence electrons. The highest BCUT2D eigenvalue weighted by atomic mass is 35.5. The summed E-state index contributed by atoms with van der Waals surface area (Å²) in [6.45, 7) is 0.0122. The quantitative estimate of drug-likeness (QED) is 0.240. The Morgan fingerprint density at radius 3 is 2.59 bits per heavy atom. The van der Waals surface area contributed by atoms with Gasteiger partial charge in [-0.15, -0.1) is 0 Å².